The maximum absolute atomic E-state index is 12.3. The molecule has 0 aromatic carbocycles. The predicted molar refractivity (Wildman–Crippen MR) is 55.2 cm³/mol. The molecule has 84 valence electrons. The van der Waals surface area contributed by atoms with Gasteiger partial charge < -0.3 is 4.74 Å². The van der Waals surface area contributed by atoms with Gasteiger partial charge in [0.1, 0.15) is 0 Å². The van der Waals surface area contributed by atoms with Crippen LogP contribution in [0.15, 0.2) is 24.3 Å². The smallest absolute Gasteiger partial charge is 0.322 e. The van der Waals surface area contributed by atoms with E-state index in [-0.39, 0.29) is 35.6 Å². The second-order valence-electron chi connectivity index (χ2n) is 6.44. The fourth-order valence-corrected chi connectivity index (χ4v) is 6.90. The highest BCUT2D eigenvalue weighted by atomic mass is 16.6. The van der Waals surface area contributed by atoms with E-state index in [1.54, 1.807) is 0 Å². The largest absolute Gasteiger partial charge is 0.392 e. The average molecular weight is 226 g/mol. The Balaban J connectivity index is 1.86. The summed E-state index contributed by atoms with van der Waals surface area (Å²) in [5, 5.41) is 0. The minimum atomic E-state index is -0.488. The fourth-order valence-electron chi connectivity index (χ4n) is 6.90. The van der Waals surface area contributed by atoms with Gasteiger partial charge in [0.15, 0.2) is 0 Å². The monoisotopic (exact) mass is 226 g/mol. The number of cyclic esters (lactones) is 2. The van der Waals surface area contributed by atoms with E-state index in [0.717, 1.165) is 0 Å². The molecule has 0 N–H and O–H groups in total. The Hall–Kier alpha value is -1.38. The molecule has 5 fully saturated rings. The number of rotatable bonds is 0. The van der Waals surface area contributed by atoms with Crippen molar-refractivity contribution in [1.29, 1.82) is 0 Å². The number of carbonyl (C=O) groups excluding carboxylic acids is 2. The molecule has 3 heteroatoms. The molecule has 6 atom stereocenters. The number of carbonyl (C=O) groups is 2. The number of esters is 2. The van der Waals surface area contributed by atoms with E-state index in [4.69, 9.17) is 4.74 Å². The van der Waals surface area contributed by atoms with Gasteiger partial charge in [-0.1, -0.05) is 24.3 Å². The number of hydrogen-bond donors (Lipinski definition) is 0. The van der Waals surface area contributed by atoms with Gasteiger partial charge in [0.25, 0.3) is 0 Å². The van der Waals surface area contributed by atoms with Gasteiger partial charge in [0, 0.05) is 0 Å². The fraction of sp³-hybridized carbons (Fsp3) is 0.571. The minimum Gasteiger partial charge on any atom is -0.392 e. The number of hydrogen-bond acceptors (Lipinski definition) is 3. The first-order chi connectivity index (χ1) is 8.25. The van der Waals surface area contributed by atoms with E-state index in [2.05, 4.69) is 24.3 Å². The summed E-state index contributed by atoms with van der Waals surface area (Å²) < 4.78 is 5.09. The second kappa shape index (κ2) is 1.73. The first-order valence-electron chi connectivity index (χ1n) is 6.39. The highest BCUT2D eigenvalue weighted by molar-refractivity contribution is 6.07. The standard InChI is InChI=1S/C14H10O3/c15-11-13-5-1-2-6-9(5)10-7(13)3-4-8(10)14(6,13)12(16)17-11/h1-10H/t5-,6-,7+,8+,9?,10?,13?,14?. The Morgan fingerprint density at radius 3 is 1.47 bits per heavy atom. The van der Waals surface area contributed by atoms with Gasteiger partial charge >= 0.3 is 11.9 Å². The summed E-state index contributed by atoms with van der Waals surface area (Å²) in [5.74, 6) is 1.76. The van der Waals surface area contributed by atoms with Crippen molar-refractivity contribution in [3.05, 3.63) is 24.3 Å². The maximum atomic E-state index is 12.3. The Morgan fingerprint density at radius 2 is 1.12 bits per heavy atom. The lowest BCUT2D eigenvalue weighted by Gasteiger charge is -2.41. The van der Waals surface area contributed by atoms with Gasteiger partial charge in [-0.05, 0) is 35.5 Å². The molecule has 7 aliphatic rings. The Bertz CT molecular complexity index is 519. The van der Waals surface area contributed by atoms with E-state index in [1.165, 1.54) is 0 Å². The van der Waals surface area contributed by atoms with Crippen molar-refractivity contribution >= 4 is 11.9 Å². The van der Waals surface area contributed by atoms with Crippen LogP contribution < -0.4 is 0 Å². The topological polar surface area (TPSA) is 43.4 Å². The number of allylic oxidation sites excluding steroid dienone is 4. The molecule has 1 saturated heterocycles. The van der Waals surface area contributed by atoms with Crippen molar-refractivity contribution in [3.63, 3.8) is 0 Å². The molecule has 7 rings (SSSR count). The number of ether oxygens (including phenoxy) is 1. The van der Waals surface area contributed by atoms with Crippen LogP contribution in [0.4, 0.5) is 0 Å². The molecular weight excluding hydrogens is 216 g/mol. The van der Waals surface area contributed by atoms with Crippen LogP contribution in [0.1, 0.15) is 0 Å². The van der Waals surface area contributed by atoms with Gasteiger partial charge in [-0.15, -0.1) is 0 Å². The van der Waals surface area contributed by atoms with Crippen molar-refractivity contribution < 1.29 is 14.3 Å². The molecule has 6 aliphatic carbocycles. The third-order valence-corrected chi connectivity index (χ3v) is 6.80. The molecule has 2 unspecified atom stereocenters. The zero-order valence-corrected chi connectivity index (χ0v) is 9.00. The Morgan fingerprint density at radius 1 is 0.765 bits per heavy atom. The van der Waals surface area contributed by atoms with Crippen LogP contribution in [0.3, 0.4) is 0 Å². The summed E-state index contributed by atoms with van der Waals surface area (Å²) in [7, 11) is 0. The molecular formula is C14H10O3. The summed E-state index contributed by atoms with van der Waals surface area (Å²) in [5.41, 5.74) is -0.976. The van der Waals surface area contributed by atoms with E-state index in [0.29, 0.717) is 11.8 Å². The lowest BCUT2D eigenvalue weighted by Crippen LogP contribution is -2.50. The van der Waals surface area contributed by atoms with Crippen LogP contribution in [0.2, 0.25) is 0 Å². The minimum absolute atomic E-state index is 0.219. The van der Waals surface area contributed by atoms with Gasteiger partial charge in [-0.25, -0.2) is 0 Å². The first-order valence-corrected chi connectivity index (χ1v) is 6.39. The predicted octanol–water partition coefficient (Wildman–Crippen LogP) is 0.920. The third-order valence-electron chi connectivity index (χ3n) is 6.80. The zero-order valence-electron chi connectivity index (χ0n) is 9.00. The molecule has 1 heterocycles. The van der Waals surface area contributed by atoms with Crippen LogP contribution in [0.5, 0.6) is 0 Å². The summed E-state index contributed by atoms with van der Waals surface area (Å²) in [6, 6.07) is 0. The summed E-state index contributed by atoms with van der Waals surface area (Å²) >= 11 is 0. The maximum Gasteiger partial charge on any atom is 0.322 e. The van der Waals surface area contributed by atoms with Crippen molar-refractivity contribution in [2.75, 3.05) is 0 Å². The summed E-state index contributed by atoms with van der Waals surface area (Å²) in [6.07, 6.45) is 8.76. The van der Waals surface area contributed by atoms with Gasteiger partial charge in [0.2, 0.25) is 0 Å². The molecule has 4 saturated carbocycles. The van der Waals surface area contributed by atoms with Gasteiger partial charge in [-0.3, -0.25) is 9.59 Å². The lowest BCUT2D eigenvalue weighted by atomic mass is 9.54. The van der Waals surface area contributed by atoms with Crippen molar-refractivity contribution in [2.24, 2.45) is 46.3 Å². The molecule has 0 aromatic rings. The Kier molecular flexibility index (Phi) is 0.798. The molecule has 3 nitrogen and oxygen atoms in total. The van der Waals surface area contributed by atoms with Crippen LogP contribution in [0.25, 0.3) is 0 Å². The van der Waals surface area contributed by atoms with E-state index in [9.17, 15) is 9.59 Å². The third kappa shape index (κ3) is 0.386. The van der Waals surface area contributed by atoms with Crippen molar-refractivity contribution in [3.8, 4) is 0 Å². The normalized spacial score (nSPS) is 69.9. The first kappa shape index (κ1) is 7.85. The molecule has 2 spiro atoms. The quantitative estimate of drug-likeness (QED) is 0.350. The van der Waals surface area contributed by atoms with Crippen LogP contribution >= 0.6 is 0 Å². The average Bonchev–Trinajstić information content (AvgIpc) is 3.06. The molecule has 0 radical (unpaired) electrons. The van der Waals surface area contributed by atoms with Crippen molar-refractivity contribution in [2.45, 2.75) is 0 Å². The molecule has 0 aromatic heterocycles. The van der Waals surface area contributed by atoms with Crippen LogP contribution in [0, 0.1) is 46.3 Å². The second-order valence-corrected chi connectivity index (χ2v) is 6.44. The van der Waals surface area contributed by atoms with Gasteiger partial charge in [-0.2, -0.15) is 0 Å². The highest BCUT2D eigenvalue weighted by Crippen LogP contribution is 2.91. The van der Waals surface area contributed by atoms with Crippen LogP contribution in [-0.4, -0.2) is 11.9 Å². The van der Waals surface area contributed by atoms with Gasteiger partial charge in [0.05, 0.1) is 10.8 Å². The lowest BCUT2D eigenvalue weighted by molar-refractivity contribution is -0.157. The molecule has 8 bridgehead atoms. The van der Waals surface area contributed by atoms with E-state index >= 15 is 0 Å². The van der Waals surface area contributed by atoms with E-state index in [1.807, 2.05) is 0 Å². The molecule has 17 heavy (non-hydrogen) atoms. The Labute approximate surface area is 97.5 Å². The zero-order chi connectivity index (χ0) is 11.2. The molecule has 0 amide bonds. The van der Waals surface area contributed by atoms with E-state index < -0.39 is 10.8 Å². The summed E-state index contributed by atoms with van der Waals surface area (Å²) in [4.78, 5) is 24.7. The summed E-state index contributed by atoms with van der Waals surface area (Å²) in [6.45, 7) is 0. The van der Waals surface area contributed by atoms with Crippen molar-refractivity contribution in [1.82, 2.24) is 0 Å². The van der Waals surface area contributed by atoms with Crippen LogP contribution in [-0.2, 0) is 14.3 Å². The highest BCUT2D eigenvalue weighted by Gasteiger charge is 2.96. The SMILES string of the molecule is O=C1OC(=O)C23[C@@H]4C=C[C@@H]5C4C4[C@H](C=C[C@@H]42)C153. The molecule has 1 aliphatic heterocycles.